The number of esters is 1. The number of nitrogens with zero attached hydrogens (tertiary/aromatic N) is 1. The van der Waals surface area contributed by atoms with Crippen molar-refractivity contribution in [3.05, 3.63) is 59.7 Å². The van der Waals surface area contributed by atoms with Gasteiger partial charge in [0.2, 0.25) is 15.9 Å². The fraction of sp³-hybridized carbons (Fsp3) is 0.222. The van der Waals surface area contributed by atoms with Gasteiger partial charge in [-0.05, 0) is 37.3 Å². The van der Waals surface area contributed by atoms with Crippen molar-refractivity contribution < 1.29 is 31.5 Å². The summed E-state index contributed by atoms with van der Waals surface area (Å²) in [5.41, 5.74) is 0.222. The van der Waals surface area contributed by atoms with Gasteiger partial charge < -0.3 is 10.1 Å². The van der Waals surface area contributed by atoms with Crippen LogP contribution >= 0.6 is 0 Å². The number of carbonyl (C=O) groups is 2. The number of amides is 1. The van der Waals surface area contributed by atoms with E-state index in [2.05, 4.69) is 10.1 Å². The number of methoxy groups -OCH3 is 1. The van der Waals surface area contributed by atoms with Crippen LogP contribution in [0.25, 0.3) is 0 Å². The standard InChI is InChI=1S/C18H18F2N2O5S/c1-11(17(23)21-13-6-4-5-12(9-13)18(24)27-2)22(28(3,25)26)14-7-8-15(19)16(20)10-14/h4-11H,1-3H3,(H,21,23). The molecule has 10 heteroatoms. The van der Waals surface area contributed by atoms with Crippen molar-refractivity contribution in [1.29, 1.82) is 0 Å². The Morgan fingerprint density at radius 2 is 1.79 bits per heavy atom. The Kier molecular flexibility index (Phi) is 6.34. The SMILES string of the molecule is COC(=O)c1cccc(NC(=O)C(C)N(c2ccc(F)c(F)c2)S(C)(=O)=O)c1. The number of hydrogen-bond donors (Lipinski definition) is 1. The maximum absolute atomic E-state index is 13.6. The summed E-state index contributed by atoms with van der Waals surface area (Å²) in [4.78, 5) is 24.2. The lowest BCUT2D eigenvalue weighted by atomic mass is 10.2. The van der Waals surface area contributed by atoms with E-state index >= 15 is 0 Å². The topological polar surface area (TPSA) is 92.8 Å². The number of nitrogens with one attached hydrogen (secondary N) is 1. The third-order valence-corrected chi connectivity index (χ3v) is 5.04. The van der Waals surface area contributed by atoms with Gasteiger partial charge in [-0.3, -0.25) is 9.10 Å². The van der Waals surface area contributed by atoms with Crippen LogP contribution in [0.4, 0.5) is 20.2 Å². The highest BCUT2D eigenvalue weighted by atomic mass is 32.2. The minimum absolute atomic E-state index is 0.188. The summed E-state index contributed by atoms with van der Waals surface area (Å²) < 4.78 is 56.4. The molecule has 1 atom stereocenters. The van der Waals surface area contributed by atoms with Gasteiger partial charge in [0.05, 0.1) is 24.6 Å². The number of carbonyl (C=O) groups excluding carboxylic acids is 2. The molecule has 0 bridgehead atoms. The van der Waals surface area contributed by atoms with Gasteiger partial charge in [0.25, 0.3) is 0 Å². The van der Waals surface area contributed by atoms with Gasteiger partial charge in [0.15, 0.2) is 11.6 Å². The van der Waals surface area contributed by atoms with Crippen LogP contribution in [0.1, 0.15) is 17.3 Å². The second-order valence-electron chi connectivity index (χ2n) is 5.89. The zero-order valence-electron chi connectivity index (χ0n) is 15.3. The van der Waals surface area contributed by atoms with Crippen LogP contribution in [0.15, 0.2) is 42.5 Å². The molecule has 150 valence electrons. The van der Waals surface area contributed by atoms with E-state index in [0.717, 1.165) is 18.4 Å². The van der Waals surface area contributed by atoms with Gasteiger partial charge in [-0.1, -0.05) is 6.07 Å². The molecule has 7 nitrogen and oxygen atoms in total. The van der Waals surface area contributed by atoms with Crippen molar-refractivity contribution >= 4 is 33.3 Å². The van der Waals surface area contributed by atoms with Crippen LogP contribution in [-0.2, 0) is 19.6 Å². The van der Waals surface area contributed by atoms with E-state index in [1.165, 1.54) is 38.3 Å². The lowest BCUT2D eigenvalue weighted by molar-refractivity contribution is -0.116. The smallest absolute Gasteiger partial charge is 0.337 e. The molecule has 0 radical (unpaired) electrons. The fourth-order valence-corrected chi connectivity index (χ4v) is 3.69. The van der Waals surface area contributed by atoms with Gasteiger partial charge in [0, 0.05) is 11.8 Å². The predicted molar refractivity (Wildman–Crippen MR) is 99.6 cm³/mol. The zero-order valence-corrected chi connectivity index (χ0v) is 16.1. The molecule has 0 fully saturated rings. The van der Waals surface area contributed by atoms with Crippen LogP contribution in [0.5, 0.6) is 0 Å². The molecule has 2 aromatic carbocycles. The number of sulfonamides is 1. The number of ether oxygens (including phenoxy) is 1. The van der Waals surface area contributed by atoms with Crippen molar-refractivity contribution in [3.8, 4) is 0 Å². The van der Waals surface area contributed by atoms with E-state index in [-0.39, 0.29) is 16.9 Å². The highest BCUT2D eigenvalue weighted by Crippen LogP contribution is 2.24. The molecule has 0 aliphatic heterocycles. The van der Waals surface area contributed by atoms with Crippen molar-refractivity contribution in [2.45, 2.75) is 13.0 Å². The van der Waals surface area contributed by atoms with Crippen molar-refractivity contribution in [2.75, 3.05) is 23.0 Å². The highest BCUT2D eigenvalue weighted by Gasteiger charge is 2.30. The van der Waals surface area contributed by atoms with Gasteiger partial charge in [0.1, 0.15) is 6.04 Å². The lowest BCUT2D eigenvalue weighted by Crippen LogP contribution is -2.45. The summed E-state index contributed by atoms with van der Waals surface area (Å²) in [5, 5.41) is 2.49. The number of hydrogen-bond acceptors (Lipinski definition) is 5. The maximum atomic E-state index is 13.6. The van der Waals surface area contributed by atoms with Crippen LogP contribution in [0, 0.1) is 11.6 Å². The molecule has 0 spiro atoms. The first kappa shape index (κ1) is 21.3. The van der Waals surface area contributed by atoms with Crippen LogP contribution in [-0.4, -0.2) is 39.7 Å². The Hall–Kier alpha value is -3.01. The highest BCUT2D eigenvalue weighted by molar-refractivity contribution is 7.92. The minimum atomic E-state index is -4.00. The number of halogens is 2. The van der Waals surface area contributed by atoms with Gasteiger partial charge in [-0.15, -0.1) is 0 Å². The molecular formula is C18H18F2N2O5S. The molecule has 0 aliphatic rings. The lowest BCUT2D eigenvalue weighted by Gasteiger charge is -2.28. The first-order chi connectivity index (χ1) is 13.0. The first-order valence-corrected chi connectivity index (χ1v) is 9.83. The fourth-order valence-electron chi connectivity index (χ4n) is 2.52. The van der Waals surface area contributed by atoms with Crippen molar-refractivity contribution in [2.24, 2.45) is 0 Å². The average molecular weight is 412 g/mol. The summed E-state index contributed by atoms with van der Waals surface area (Å²) in [6.45, 7) is 1.29. The van der Waals surface area contributed by atoms with E-state index in [1.54, 1.807) is 0 Å². The molecule has 0 heterocycles. The maximum Gasteiger partial charge on any atom is 0.337 e. The summed E-state index contributed by atoms with van der Waals surface area (Å²) in [6.07, 6.45) is 0.843. The molecule has 0 aliphatic carbocycles. The Bertz CT molecular complexity index is 1010. The molecule has 1 amide bonds. The van der Waals surface area contributed by atoms with Crippen molar-refractivity contribution in [1.82, 2.24) is 0 Å². The van der Waals surface area contributed by atoms with E-state index < -0.39 is 39.6 Å². The largest absolute Gasteiger partial charge is 0.465 e. The molecule has 2 rings (SSSR count). The normalized spacial score (nSPS) is 12.2. The Morgan fingerprint density at radius 3 is 2.36 bits per heavy atom. The third kappa shape index (κ3) is 4.83. The van der Waals surface area contributed by atoms with Gasteiger partial charge >= 0.3 is 5.97 Å². The van der Waals surface area contributed by atoms with E-state index in [9.17, 15) is 26.8 Å². The first-order valence-electron chi connectivity index (χ1n) is 7.98. The number of benzene rings is 2. The third-order valence-electron chi connectivity index (χ3n) is 3.80. The molecule has 1 N–H and O–H groups in total. The Labute approximate surface area is 161 Å². The van der Waals surface area contributed by atoms with Crippen LogP contribution < -0.4 is 9.62 Å². The Morgan fingerprint density at radius 1 is 1.11 bits per heavy atom. The van der Waals surface area contributed by atoms with E-state index in [4.69, 9.17) is 0 Å². The minimum Gasteiger partial charge on any atom is -0.465 e. The molecule has 0 aromatic heterocycles. The van der Waals surface area contributed by atoms with Crippen LogP contribution in [0.3, 0.4) is 0 Å². The molecule has 28 heavy (non-hydrogen) atoms. The molecular weight excluding hydrogens is 394 g/mol. The number of anilines is 2. The molecule has 1 unspecified atom stereocenters. The van der Waals surface area contributed by atoms with Gasteiger partial charge in [-0.25, -0.2) is 22.0 Å². The molecule has 0 saturated carbocycles. The second-order valence-corrected chi connectivity index (χ2v) is 7.75. The summed E-state index contributed by atoms with van der Waals surface area (Å²) in [6, 6.07) is 7.08. The Balaban J connectivity index is 2.32. The molecule has 2 aromatic rings. The van der Waals surface area contributed by atoms with E-state index in [1.807, 2.05) is 0 Å². The molecule has 0 saturated heterocycles. The second kappa shape index (κ2) is 8.34. The summed E-state index contributed by atoms with van der Waals surface area (Å²) in [5.74, 6) is -3.74. The summed E-state index contributed by atoms with van der Waals surface area (Å²) in [7, 11) is -2.79. The van der Waals surface area contributed by atoms with Crippen LogP contribution in [0.2, 0.25) is 0 Å². The number of rotatable bonds is 6. The zero-order chi connectivity index (χ0) is 21.1. The predicted octanol–water partition coefficient (Wildman–Crippen LogP) is 2.54. The average Bonchev–Trinajstić information content (AvgIpc) is 2.63. The monoisotopic (exact) mass is 412 g/mol. The van der Waals surface area contributed by atoms with Crippen molar-refractivity contribution in [3.63, 3.8) is 0 Å². The quantitative estimate of drug-likeness (QED) is 0.736. The summed E-state index contributed by atoms with van der Waals surface area (Å²) >= 11 is 0. The van der Waals surface area contributed by atoms with E-state index in [0.29, 0.717) is 10.4 Å². The van der Waals surface area contributed by atoms with Gasteiger partial charge in [-0.2, -0.15) is 0 Å².